The van der Waals surface area contributed by atoms with E-state index in [-0.39, 0.29) is 21.6 Å². The molecule has 2 aromatic carbocycles. The number of fused-ring (bicyclic) bond motifs is 1. The summed E-state index contributed by atoms with van der Waals surface area (Å²) in [5.74, 6) is -2.47. The van der Waals surface area contributed by atoms with Gasteiger partial charge < -0.3 is 4.84 Å². The lowest BCUT2D eigenvalue weighted by Crippen LogP contribution is -2.33. The number of nitrogens with zero attached hydrogens (tertiary/aromatic N) is 2. The summed E-state index contributed by atoms with van der Waals surface area (Å²) in [6.45, 7) is 0.873. The van der Waals surface area contributed by atoms with E-state index in [1.165, 1.54) is 40.7 Å². The minimum Gasteiger partial charge on any atom is -0.324 e. The van der Waals surface area contributed by atoms with Crippen molar-refractivity contribution in [1.29, 1.82) is 0 Å². The van der Waals surface area contributed by atoms with Crippen molar-refractivity contribution >= 4 is 27.8 Å². The van der Waals surface area contributed by atoms with E-state index in [1.807, 2.05) is 0 Å². The molecule has 9 heteroatoms. The van der Waals surface area contributed by atoms with E-state index in [0.29, 0.717) is 18.2 Å². The third-order valence-corrected chi connectivity index (χ3v) is 7.10. The number of sulfonamides is 1. The summed E-state index contributed by atoms with van der Waals surface area (Å²) < 4.78 is 27.4. The summed E-state index contributed by atoms with van der Waals surface area (Å²) >= 11 is 0. The first-order chi connectivity index (χ1) is 14.4. The molecule has 0 spiro atoms. The van der Waals surface area contributed by atoms with E-state index >= 15 is 0 Å². The van der Waals surface area contributed by atoms with Gasteiger partial charge in [0.05, 0.1) is 21.6 Å². The Morgan fingerprint density at radius 2 is 1.43 bits per heavy atom. The van der Waals surface area contributed by atoms with Gasteiger partial charge in [-0.3, -0.25) is 9.59 Å². The Balaban J connectivity index is 1.55. The summed E-state index contributed by atoms with van der Waals surface area (Å²) in [5.41, 5.74) is 0.225. The van der Waals surface area contributed by atoms with E-state index in [0.717, 1.165) is 25.7 Å². The highest BCUT2D eigenvalue weighted by atomic mass is 32.2. The molecule has 1 saturated heterocycles. The molecule has 2 amide bonds. The zero-order valence-corrected chi connectivity index (χ0v) is 16.9. The summed E-state index contributed by atoms with van der Waals surface area (Å²) in [5, 5.41) is 0.406. The largest absolute Gasteiger partial charge is 0.363 e. The molecule has 0 atom stereocenters. The second kappa shape index (κ2) is 8.00. The summed E-state index contributed by atoms with van der Waals surface area (Å²) in [4.78, 5) is 42.3. The van der Waals surface area contributed by atoms with Crippen LogP contribution in [0.4, 0.5) is 0 Å². The molecule has 0 radical (unpaired) electrons. The third kappa shape index (κ3) is 3.61. The molecule has 2 aliphatic rings. The van der Waals surface area contributed by atoms with Gasteiger partial charge in [-0.15, -0.1) is 0 Å². The Morgan fingerprint density at radius 1 is 0.833 bits per heavy atom. The summed E-state index contributed by atoms with van der Waals surface area (Å²) in [6.07, 6.45) is 3.55. The Bertz CT molecular complexity index is 1080. The van der Waals surface area contributed by atoms with Crippen LogP contribution in [0.25, 0.3) is 0 Å². The summed E-state index contributed by atoms with van der Waals surface area (Å²) in [6, 6.07) is 11.6. The number of rotatable bonds is 4. The van der Waals surface area contributed by atoms with Crippen LogP contribution >= 0.6 is 0 Å². The lowest BCUT2D eigenvalue weighted by molar-refractivity contribution is -0.0584. The average molecular weight is 428 g/mol. The zero-order chi connectivity index (χ0) is 21.3. The highest BCUT2D eigenvalue weighted by molar-refractivity contribution is 7.89. The van der Waals surface area contributed by atoms with E-state index in [2.05, 4.69) is 0 Å². The van der Waals surface area contributed by atoms with Crippen LogP contribution in [-0.4, -0.2) is 48.7 Å². The lowest BCUT2D eigenvalue weighted by atomic mass is 10.1. The van der Waals surface area contributed by atoms with Gasteiger partial charge in [-0.25, -0.2) is 13.2 Å². The minimum absolute atomic E-state index is 0.0267. The van der Waals surface area contributed by atoms with Crippen molar-refractivity contribution in [2.24, 2.45) is 0 Å². The highest BCUT2D eigenvalue weighted by Gasteiger charge is 2.39. The predicted molar refractivity (Wildman–Crippen MR) is 106 cm³/mol. The fourth-order valence-electron chi connectivity index (χ4n) is 3.60. The quantitative estimate of drug-likeness (QED) is 0.694. The molecular weight excluding hydrogens is 408 g/mol. The Kier molecular flexibility index (Phi) is 5.40. The van der Waals surface area contributed by atoms with Gasteiger partial charge in [-0.05, 0) is 43.2 Å². The first-order valence-electron chi connectivity index (χ1n) is 9.70. The summed E-state index contributed by atoms with van der Waals surface area (Å²) in [7, 11) is -3.76. The molecule has 4 rings (SSSR count). The number of carbonyl (C=O) groups is 3. The van der Waals surface area contributed by atoms with Gasteiger partial charge in [-0.1, -0.05) is 36.1 Å². The fourth-order valence-corrected chi connectivity index (χ4v) is 5.16. The molecular formula is C21H20N2O6S. The van der Waals surface area contributed by atoms with E-state index in [9.17, 15) is 22.8 Å². The first-order valence-corrected chi connectivity index (χ1v) is 11.1. The molecule has 8 nitrogen and oxygen atoms in total. The van der Waals surface area contributed by atoms with Gasteiger partial charge in [0, 0.05) is 13.1 Å². The molecule has 2 heterocycles. The van der Waals surface area contributed by atoms with E-state index in [4.69, 9.17) is 4.84 Å². The Morgan fingerprint density at radius 3 is 2.03 bits per heavy atom. The molecule has 30 heavy (non-hydrogen) atoms. The van der Waals surface area contributed by atoms with E-state index < -0.39 is 27.8 Å². The van der Waals surface area contributed by atoms with Gasteiger partial charge >= 0.3 is 5.97 Å². The van der Waals surface area contributed by atoms with Crippen LogP contribution in [0.1, 0.15) is 56.8 Å². The van der Waals surface area contributed by atoms with Gasteiger partial charge in [0.25, 0.3) is 11.8 Å². The minimum atomic E-state index is -3.76. The molecule has 0 N–H and O–H groups in total. The van der Waals surface area contributed by atoms with Crippen molar-refractivity contribution in [3.8, 4) is 0 Å². The topological polar surface area (TPSA) is 101 Å². The predicted octanol–water partition coefficient (Wildman–Crippen LogP) is 2.62. The van der Waals surface area contributed by atoms with Crippen LogP contribution < -0.4 is 0 Å². The number of hydrogen-bond donors (Lipinski definition) is 0. The maximum atomic E-state index is 13.0. The number of amides is 2. The number of hydroxylamine groups is 2. The van der Waals surface area contributed by atoms with Crippen molar-refractivity contribution in [3.63, 3.8) is 0 Å². The smallest absolute Gasteiger partial charge is 0.324 e. The molecule has 2 aliphatic heterocycles. The van der Waals surface area contributed by atoms with Gasteiger partial charge in [-0.2, -0.15) is 4.31 Å². The van der Waals surface area contributed by atoms with Crippen molar-refractivity contribution in [1.82, 2.24) is 9.37 Å². The Labute approximate surface area is 174 Å². The molecule has 2 aromatic rings. The van der Waals surface area contributed by atoms with Crippen molar-refractivity contribution in [2.75, 3.05) is 13.1 Å². The molecule has 0 bridgehead atoms. The molecule has 1 fully saturated rings. The number of carbonyl (C=O) groups excluding carboxylic acids is 3. The van der Waals surface area contributed by atoms with Crippen LogP contribution in [0, 0.1) is 0 Å². The normalized spacial score (nSPS) is 17.5. The first kappa shape index (κ1) is 20.2. The second-order valence-electron chi connectivity index (χ2n) is 7.18. The lowest BCUT2D eigenvalue weighted by Gasteiger charge is -2.20. The maximum Gasteiger partial charge on any atom is 0.363 e. The molecule has 0 unspecified atom stereocenters. The SMILES string of the molecule is O=C(ON1C(=O)c2ccccc2C1=O)c1cccc(S(=O)(=O)N2CCCCCC2)c1. The average Bonchev–Trinajstić information content (AvgIpc) is 2.95. The van der Waals surface area contributed by atoms with E-state index in [1.54, 1.807) is 12.1 Å². The van der Waals surface area contributed by atoms with Gasteiger partial charge in [0.2, 0.25) is 10.0 Å². The van der Waals surface area contributed by atoms with Crippen LogP contribution in [0.3, 0.4) is 0 Å². The molecule has 0 saturated carbocycles. The standard InChI is InChI=1S/C21H20N2O6S/c24-19-17-10-3-4-11-18(17)20(25)23(19)29-21(26)15-8-7-9-16(14-15)30(27,28)22-12-5-1-2-6-13-22/h3-4,7-11,14H,1-2,5-6,12-13H2. The van der Waals surface area contributed by atoms with Crippen LogP contribution in [0.2, 0.25) is 0 Å². The third-order valence-electron chi connectivity index (χ3n) is 5.20. The fraction of sp³-hybridized carbons (Fsp3) is 0.286. The zero-order valence-electron chi connectivity index (χ0n) is 16.1. The van der Waals surface area contributed by atoms with Crippen LogP contribution in [0.5, 0.6) is 0 Å². The monoisotopic (exact) mass is 428 g/mol. The molecule has 0 aromatic heterocycles. The number of imide groups is 1. The van der Waals surface area contributed by atoms with Crippen LogP contribution in [-0.2, 0) is 14.9 Å². The van der Waals surface area contributed by atoms with Crippen molar-refractivity contribution in [3.05, 3.63) is 65.2 Å². The second-order valence-corrected chi connectivity index (χ2v) is 9.11. The van der Waals surface area contributed by atoms with Gasteiger partial charge in [0.15, 0.2) is 0 Å². The maximum absolute atomic E-state index is 13.0. The van der Waals surface area contributed by atoms with Gasteiger partial charge in [0.1, 0.15) is 0 Å². The Hall–Kier alpha value is -3.04. The number of hydrogen-bond acceptors (Lipinski definition) is 6. The molecule has 0 aliphatic carbocycles. The highest BCUT2D eigenvalue weighted by Crippen LogP contribution is 2.25. The van der Waals surface area contributed by atoms with Crippen molar-refractivity contribution in [2.45, 2.75) is 30.6 Å². The van der Waals surface area contributed by atoms with Crippen LogP contribution in [0.15, 0.2) is 53.4 Å². The molecule has 156 valence electrons. The van der Waals surface area contributed by atoms with Crippen molar-refractivity contribution < 1.29 is 27.6 Å². The number of benzene rings is 2.